The molecule has 31 heavy (non-hydrogen) atoms. The van der Waals surface area contributed by atoms with Gasteiger partial charge in [-0.05, 0) is 50.6 Å². The highest BCUT2D eigenvalue weighted by molar-refractivity contribution is 6.33. The van der Waals surface area contributed by atoms with Gasteiger partial charge in [-0.15, -0.1) is 0 Å². The predicted octanol–water partition coefficient (Wildman–Crippen LogP) is 4.03. The van der Waals surface area contributed by atoms with E-state index in [4.69, 9.17) is 11.6 Å². The number of amides is 2. The van der Waals surface area contributed by atoms with E-state index in [-0.39, 0.29) is 16.5 Å². The number of carbonyl (C=O) groups excluding carboxylic acids is 2. The molecule has 0 saturated carbocycles. The average Bonchev–Trinajstić information content (AvgIpc) is 3.00. The smallest absolute Gasteiger partial charge is 0.258 e. The van der Waals surface area contributed by atoms with Crippen LogP contribution in [-0.2, 0) is 0 Å². The van der Waals surface area contributed by atoms with Crippen molar-refractivity contribution in [2.75, 3.05) is 26.2 Å². The zero-order valence-electron chi connectivity index (χ0n) is 17.4. The van der Waals surface area contributed by atoms with Gasteiger partial charge < -0.3 is 9.80 Å². The molecule has 6 nitrogen and oxygen atoms in total. The van der Waals surface area contributed by atoms with E-state index >= 15 is 0 Å². The fourth-order valence-corrected chi connectivity index (χ4v) is 3.97. The minimum absolute atomic E-state index is 0.0879. The summed E-state index contributed by atoms with van der Waals surface area (Å²) < 4.78 is 14.2. The number of aryl methyl sites for hydroxylation is 2. The van der Waals surface area contributed by atoms with Crippen molar-refractivity contribution in [3.8, 4) is 0 Å². The summed E-state index contributed by atoms with van der Waals surface area (Å²) >= 11 is 6.05. The van der Waals surface area contributed by atoms with E-state index in [0.29, 0.717) is 43.7 Å². The standard InChI is InChI=1S/C23H22ClFN4O2/c1-14-15(2)27-20-13-16(7-8-19(20)26-14)22(30)28-9-4-10-29(12-11-28)23(31)21-17(24)5-3-6-18(21)25/h3,5-8,13H,4,9-12H2,1-2H3. The second-order valence-electron chi connectivity index (χ2n) is 7.63. The van der Waals surface area contributed by atoms with Crippen LogP contribution in [-0.4, -0.2) is 57.8 Å². The van der Waals surface area contributed by atoms with E-state index in [1.807, 2.05) is 13.8 Å². The summed E-state index contributed by atoms with van der Waals surface area (Å²) in [5.74, 6) is -1.22. The van der Waals surface area contributed by atoms with Gasteiger partial charge in [-0.1, -0.05) is 17.7 Å². The van der Waals surface area contributed by atoms with E-state index in [0.717, 1.165) is 16.9 Å². The lowest BCUT2D eigenvalue weighted by Gasteiger charge is -2.23. The molecule has 2 heterocycles. The maximum Gasteiger partial charge on any atom is 0.258 e. The third-order valence-electron chi connectivity index (χ3n) is 5.57. The van der Waals surface area contributed by atoms with Crippen LogP contribution in [0.2, 0.25) is 5.02 Å². The number of hydrogen-bond donors (Lipinski definition) is 0. The van der Waals surface area contributed by atoms with Crippen LogP contribution in [0.15, 0.2) is 36.4 Å². The largest absolute Gasteiger partial charge is 0.337 e. The normalized spacial score (nSPS) is 14.6. The van der Waals surface area contributed by atoms with Gasteiger partial charge in [0.2, 0.25) is 0 Å². The highest BCUT2D eigenvalue weighted by Gasteiger charge is 2.26. The number of hydrogen-bond acceptors (Lipinski definition) is 4. The lowest BCUT2D eigenvalue weighted by molar-refractivity contribution is 0.0716. The van der Waals surface area contributed by atoms with Crippen LogP contribution in [0.4, 0.5) is 4.39 Å². The summed E-state index contributed by atoms with van der Waals surface area (Å²) in [6.45, 7) is 5.38. The highest BCUT2D eigenvalue weighted by Crippen LogP contribution is 2.22. The van der Waals surface area contributed by atoms with Crippen LogP contribution in [0.1, 0.15) is 38.5 Å². The van der Waals surface area contributed by atoms with Crippen LogP contribution in [0.25, 0.3) is 11.0 Å². The van der Waals surface area contributed by atoms with Crippen molar-refractivity contribution in [1.29, 1.82) is 0 Å². The Morgan fingerprint density at radius 1 is 0.903 bits per heavy atom. The molecule has 0 atom stereocenters. The quantitative estimate of drug-likeness (QED) is 0.603. The molecule has 160 valence electrons. The van der Waals surface area contributed by atoms with Crippen molar-refractivity contribution in [3.05, 3.63) is 69.8 Å². The second-order valence-corrected chi connectivity index (χ2v) is 8.04. The fourth-order valence-electron chi connectivity index (χ4n) is 3.73. The van der Waals surface area contributed by atoms with Crippen LogP contribution < -0.4 is 0 Å². The molecule has 1 aromatic heterocycles. The minimum atomic E-state index is -0.641. The third-order valence-corrected chi connectivity index (χ3v) is 5.88. The molecular weight excluding hydrogens is 419 g/mol. The Kier molecular flexibility index (Phi) is 5.87. The molecule has 3 aromatic rings. The number of rotatable bonds is 2. The van der Waals surface area contributed by atoms with Crippen molar-refractivity contribution in [2.24, 2.45) is 0 Å². The molecule has 1 saturated heterocycles. The average molecular weight is 441 g/mol. The zero-order chi connectivity index (χ0) is 22.1. The minimum Gasteiger partial charge on any atom is -0.337 e. The van der Waals surface area contributed by atoms with E-state index in [2.05, 4.69) is 9.97 Å². The SMILES string of the molecule is Cc1nc2ccc(C(=O)N3CCCN(C(=O)c4c(F)cccc4Cl)CC3)cc2nc1C. The summed E-state index contributed by atoms with van der Waals surface area (Å²) in [7, 11) is 0. The van der Waals surface area contributed by atoms with Gasteiger partial charge in [0.15, 0.2) is 0 Å². The zero-order valence-corrected chi connectivity index (χ0v) is 18.1. The number of fused-ring (bicyclic) bond motifs is 1. The van der Waals surface area contributed by atoms with Gasteiger partial charge in [0.05, 0.1) is 33.0 Å². The molecule has 0 aliphatic carbocycles. The monoisotopic (exact) mass is 440 g/mol. The van der Waals surface area contributed by atoms with Gasteiger partial charge >= 0.3 is 0 Å². The molecule has 0 bridgehead atoms. The molecule has 0 unspecified atom stereocenters. The van der Waals surface area contributed by atoms with Crippen LogP contribution in [0, 0.1) is 19.7 Å². The van der Waals surface area contributed by atoms with Gasteiger partial charge in [0.1, 0.15) is 5.82 Å². The third kappa shape index (κ3) is 4.23. The first-order valence-electron chi connectivity index (χ1n) is 10.1. The van der Waals surface area contributed by atoms with E-state index in [1.165, 1.54) is 18.2 Å². The summed E-state index contributed by atoms with van der Waals surface area (Å²) in [6.07, 6.45) is 0.593. The number of benzene rings is 2. The molecule has 1 aliphatic rings. The van der Waals surface area contributed by atoms with Crippen molar-refractivity contribution < 1.29 is 14.0 Å². The lowest BCUT2D eigenvalue weighted by Crippen LogP contribution is -2.37. The van der Waals surface area contributed by atoms with Gasteiger partial charge in [0, 0.05) is 31.7 Å². The first kappa shape index (κ1) is 21.2. The Labute approximate surface area is 184 Å². The molecule has 4 rings (SSSR count). The Morgan fingerprint density at radius 3 is 2.23 bits per heavy atom. The number of aromatic nitrogens is 2. The number of halogens is 2. The lowest BCUT2D eigenvalue weighted by atomic mass is 10.1. The maximum atomic E-state index is 14.2. The van der Waals surface area contributed by atoms with Gasteiger partial charge in [0.25, 0.3) is 11.8 Å². The summed E-state index contributed by atoms with van der Waals surface area (Å²) in [5.41, 5.74) is 3.51. The molecule has 2 amide bonds. The van der Waals surface area contributed by atoms with E-state index < -0.39 is 11.7 Å². The fraction of sp³-hybridized carbons (Fsp3) is 0.304. The second kappa shape index (κ2) is 8.59. The van der Waals surface area contributed by atoms with Gasteiger partial charge in [-0.2, -0.15) is 0 Å². The number of nitrogens with zero attached hydrogens (tertiary/aromatic N) is 4. The number of carbonyl (C=O) groups is 2. The molecule has 8 heteroatoms. The summed E-state index contributed by atoms with van der Waals surface area (Å²) in [5, 5.41) is 0.0879. The molecule has 0 N–H and O–H groups in total. The Hall–Kier alpha value is -3.06. The molecular formula is C23H22ClFN4O2. The van der Waals surface area contributed by atoms with E-state index in [1.54, 1.807) is 28.0 Å². The first-order chi connectivity index (χ1) is 14.8. The van der Waals surface area contributed by atoms with Crippen LogP contribution in [0.5, 0.6) is 0 Å². The Bertz CT molecular complexity index is 1160. The highest BCUT2D eigenvalue weighted by atomic mass is 35.5. The van der Waals surface area contributed by atoms with Crippen LogP contribution >= 0.6 is 11.6 Å². The first-order valence-corrected chi connectivity index (χ1v) is 10.5. The molecule has 0 spiro atoms. The predicted molar refractivity (Wildman–Crippen MR) is 117 cm³/mol. The molecule has 1 aliphatic heterocycles. The molecule has 1 fully saturated rings. The van der Waals surface area contributed by atoms with Gasteiger partial charge in [-0.3, -0.25) is 9.59 Å². The summed E-state index contributed by atoms with van der Waals surface area (Å²) in [6, 6.07) is 9.49. The van der Waals surface area contributed by atoms with E-state index in [9.17, 15) is 14.0 Å². The van der Waals surface area contributed by atoms with Crippen molar-refractivity contribution in [1.82, 2.24) is 19.8 Å². The van der Waals surface area contributed by atoms with Crippen molar-refractivity contribution in [3.63, 3.8) is 0 Å². The Morgan fingerprint density at radius 2 is 1.55 bits per heavy atom. The molecule has 0 radical (unpaired) electrons. The van der Waals surface area contributed by atoms with Gasteiger partial charge in [-0.25, -0.2) is 14.4 Å². The maximum absolute atomic E-state index is 14.2. The summed E-state index contributed by atoms with van der Waals surface area (Å²) in [4.78, 5) is 38.2. The topological polar surface area (TPSA) is 66.4 Å². The van der Waals surface area contributed by atoms with Crippen LogP contribution in [0.3, 0.4) is 0 Å². The molecule has 2 aromatic carbocycles. The van der Waals surface area contributed by atoms with Crippen molar-refractivity contribution >= 4 is 34.4 Å². The Balaban J connectivity index is 1.51. The van der Waals surface area contributed by atoms with Crippen molar-refractivity contribution in [2.45, 2.75) is 20.3 Å².